The lowest BCUT2D eigenvalue weighted by atomic mass is 10.0. The molecule has 0 unspecified atom stereocenters. The zero-order valence-corrected chi connectivity index (χ0v) is 14.5. The Hall–Kier alpha value is -1.75. The molecule has 1 N–H and O–H groups in total. The van der Waals surface area contributed by atoms with Crippen molar-refractivity contribution in [1.82, 2.24) is 4.90 Å². The smallest absolute Gasteiger partial charge is 0.128 e. The summed E-state index contributed by atoms with van der Waals surface area (Å²) >= 11 is 0. The van der Waals surface area contributed by atoms with E-state index in [2.05, 4.69) is 29.2 Å². The van der Waals surface area contributed by atoms with Crippen LogP contribution in [0.15, 0.2) is 54.6 Å². The van der Waals surface area contributed by atoms with E-state index in [0.29, 0.717) is 18.2 Å². The minimum atomic E-state index is -0.553. The largest absolute Gasteiger partial charge is 0.389 e. The molecule has 0 saturated carbocycles. The van der Waals surface area contributed by atoms with Crippen molar-refractivity contribution in [2.75, 3.05) is 19.7 Å². The highest BCUT2D eigenvalue weighted by Gasteiger charge is 2.26. The topological polar surface area (TPSA) is 32.7 Å². The number of aliphatic hydroxyl groups is 1. The Morgan fingerprint density at radius 2 is 1.88 bits per heavy atom. The summed E-state index contributed by atoms with van der Waals surface area (Å²) in [6.45, 7) is 2.04. The van der Waals surface area contributed by atoms with E-state index in [1.54, 1.807) is 18.2 Å². The Kier molecular flexibility index (Phi) is 6.56. The van der Waals surface area contributed by atoms with Gasteiger partial charge in [0.2, 0.25) is 0 Å². The number of ether oxygens (including phenoxy) is 1. The minimum Gasteiger partial charge on any atom is -0.389 e. The first-order valence-corrected chi connectivity index (χ1v) is 8.99. The van der Waals surface area contributed by atoms with Crippen LogP contribution in [0.2, 0.25) is 0 Å². The first-order valence-electron chi connectivity index (χ1n) is 8.99. The molecule has 2 atom stereocenters. The van der Waals surface area contributed by atoms with Gasteiger partial charge >= 0.3 is 0 Å². The second-order valence-corrected chi connectivity index (χ2v) is 6.74. The molecule has 25 heavy (non-hydrogen) atoms. The van der Waals surface area contributed by atoms with Crippen molar-refractivity contribution in [1.29, 1.82) is 0 Å². The van der Waals surface area contributed by atoms with Crippen LogP contribution >= 0.6 is 0 Å². The lowest BCUT2D eigenvalue weighted by Gasteiger charge is -2.27. The Bertz CT molecular complexity index is 649. The normalized spacial score (nSPS) is 19.2. The van der Waals surface area contributed by atoms with Crippen LogP contribution in [-0.2, 0) is 17.8 Å². The van der Waals surface area contributed by atoms with Gasteiger partial charge in [-0.15, -0.1) is 0 Å². The zero-order chi connectivity index (χ0) is 17.5. The fourth-order valence-corrected chi connectivity index (χ4v) is 3.50. The number of rotatable bonds is 8. The molecule has 2 aromatic rings. The van der Waals surface area contributed by atoms with Gasteiger partial charge in [-0.2, -0.15) is 0 Å². The Morgan fingerprint density at radius 1 is 1.12 bits per heavy atom. The second kappa shape index (κ2) is 9.09. The molecule has 0 aromatic heterocycles. The predicted octanol–water partition coefficient (Wildman–Crippen LogP) is 3.41. The van der Waals surface area contributed by atoms with Crippen LogP contribution in [-0.4, -0.2) is 41.8 Å². The van der Waals surface area contributed by atoms with Crippen LogP contribution in [0.3, 0.4) is 0 Å². The standard InChI is InChI=1S/C21H26FNO2/c22-21-11-5-4-9-18(21)15-25-16-20(24)14-23-12-6-10-19(23)13-17-7-2-1-3-8-17/h1-5,7-9,11,19-20,24H,6,10,12-16H2/t19-,20-/m1/s1. The van der Waals surface area contributed by atoms with Gasteiger partial charge in [0.25, 0.3) is 0 Å². The monoisotopic (exact) mass is 343 g/mol. The Balaban J connectivity index is 1.43. The van der Waals surface area contributed by atoms with Gasteiger partial charge in [0.15, 0.2) is 0 Å². The molecular weight excluding hydrogens is 317 g/mol. The number of nitrogens with zero attached hydrogens (tertiary/aromatic N) is 1. The maximum atomic E-state index is 13.5. The van der Waals surface area contributed by atoms with E-state index < -0.39 is 6.10 Å². The summed E-state index contributed by atoms with van der Waals surface area (Å²) in [6.07, 6.45) is 2.80. The van der Waals surface area contributed by atoms with Crippen molar-refractivity contribution in [3.05, 3.63) is 71.5 Å². The highest BCUT2D eigenvalue weighted by molar-refractivity contribution is 5.17. The van der Waals surface area contributed by atoms with E-state index in [1.165, 1.54) is 18.1 Å². The molecule has 0 radical (unpaired) electrons. The van der Waals surface area contributed by atoms with Crippen LogP contribution in [0.25, 0.3) is 0 Å². The number of aliphatic hydroxyl groups excluding tert-OH is 1. The quantitative estimate of drug-likeness (QED) is 0.797. The molecule has 0 aliphatic carbocycles. The first-order chi connectivity index (χ1) is 12.2. The minimum absolute atomic E-state index is 0.192. The van der Waals surface area contributed by atoms with Crippen molar-refractivity contribution in [2.24, 2.45) is 0 Å². The lowest BCUT2D eigenvalue weighted by molar-refractivity contribution is 0.00715. The highest BCUT2D eigenvalue weighted by atomic mass is 19.1. The Labute approximate surface area is 149 Å². The number of hydrogen-bond donors (Lipinski definition) is 1. The van der Waals surface area contributed by atoms with E-state index in [-0.39, 0.29) is 19.0 Å². The van der Waals surface area contributed by atoms with Gasteiger partial charge in [0.05, 0.1) is 19.3 Å². The summed E-state index contributed by atoms with van der Waals surface area (Å²) in [6, 6.07) is 17.5. The fraction of sp³-hybridized carbons (Fsp3) is 0.429. The van der Waals surface area contributed by atoms with Gasteiger partial charge < -0.3 is 9.84 Å². The summed E-state index contributed by atoms with van der Waals surface area (Å²) in [5.74, 6) is -0.264. The maximum absolute atomic E-state index is 13.5. The second-order valence-electron chi connectivity index (χ2n) is 6.74. The van der Waals surface area contributed by atoms with E-state index in [0.717, 1.165) is 19.4 Å². The Morgan fingerprint density at radius 3 is 2.68 bits per heavy atom. The third-order valence-corrected chi connectivity index (χ3v) is 4.78. The molecule has 3 nitrogen and oxygen atoms in total. The third-order valence-electron chi connectivity index (χ3n) is 4.78. The summed E-state index contributed by atoms with van der Waals surface area (Å²) in [5.41, 5.74) is 1.86. The van der Waals surface area contributed by atoms with E-state index >= 15 is 0 Å². The number of β-amino-alcohol motifs (C(OH)–C–C–N with tert-alkyl or cyclic N) is 1. The van der Waals surface area contributed by atoms with Crippen LogP contribution in [0.1, 0.15) is 24.0 Å². The van der Waals surface area contributed by atoms with Crippen molar-refractivity contribution in [3.63, 3.8) is 0 Å². The molecule has 1 heterocycles. The van der Waals surface area contributed by atoms with Crippen LogP contribution in [0.4, 0.5) is 4.39 Å². The molecule has 3 rings (SSSR count). The van der Waals surface area contributed by atoms with E-state index in [4.69, 9.17) is 4.74 Å². The van der Waals surface area contributed by atoms with Gasteiger partial charge in [0.1, 0.15) is 5.82 Å². The third kappa shape index (κ3) is 5.36. The summed E-state index contributed by atoms with van der Waals surface area (Å²) in [5, 5.41) is 10.3. The van der Waals surface area contributed by atoms with Crippen LogP contribution < -0.4 is 0 Å². The molecule has 0 amide bonds. The zero-order valence-electron chi connectivity index (χ0n) is 14.5. The van der Waals surface area contributed by atoms with Crippen molar-refractivity contribution in [2.45, 2.75) is 38.0 Å². The predicted molar refractivity (Wildman–Crippen MR) is 96.8 cm³/mol. The molecule has 1 aliphatic rings. The summed E-state index contributed by atoms with van der Waals surface area (Å²) in [4.78, 5) is 2.35. The lowest BCUT2D eigenvalue weighted by Crippen LogP contribution is -2.39. The van der Waals surface area contributed by atoms with E-state index in [1.807, 2.05) is 6.07 Å². The van der Waals surface area contributed by atoms with Gasteiger partial charge in [-0.3, -0.25) is 4.90 Å². The number of benzene rings is 2. The molecule has 0 bridgehead atoms. The van der Waals surface area contributed by atoms with Gasteiger partial charge in [0, 0.05) is 18.2 Å². The van der Waals surface area contributed by atoms with Crippen molar-refractivity contribution >= 4 is 0 Å². The van der Waals surface area contributed by atoms with Gasteiger partial charge in [-0.1, -0.05) is 48.5 Å². The average Bonchev–Trinajstić information content (AvgIpc) is 3.04. The van der Waals surface area contributed by atoms with Crippen LogP contribution in [0.5, 0.6) is 0 Å². The molecule has 0 spiro atoms. The van der Waals surface area contributed by atoms with E-state index in [9.17, 15) is 9.50 Å². The van der Waals surface area contributed by atoms with Crippen LogP contribution in [0, 0.1) is 5.82 Å². The number of likely N-dealkylation sites (tertiary alicyclic amines) is 1. The summed E-state index contributed by atoms with van der Waals surface area (Å²) < 4.78 is 19.1. The molecule has 4 heteroatoms. The summed E-state index contributed by atoms with van der Waals surface area (Å²) in [7, 11) is 0. The number of halogens is 1. The molecule has 2 aromatic carbocycles. The van der Waals surface area contributed by atoms with Gasteiger partial charge in [-0.05, 0) is 37.4 Å². The van der Waals surface area contributed by atoms with Crippen molar-refractivity contribution < 1.29 is 14.2 Å². The number of hydrogen-bond acceptors (Lipinski definition) is 3. The molecule has 1 saturated heterocycles. The first kappa shape index (κ1) is 18.1. The molecule has 1 aliphatic heterocycles. The highest BCUT2D eigenvalue weighted by Crippen LogP contribution is 2.21. The average molecular weight is 343 g/mol. The van der Waals surface area contributed by atoms with Gasteiger partial charge in [-0.25, -0.2) is 4.39 Å². The SMILES string of the molecule is O[C@@H](COCc1ccccc1F)CN1CCC[C@@H]1Cc1ccccc1. The molecule has 134 valence electrons. The fourth-order valence-electron chi connectivity index (χ4n) is 3.50. The maximum Gasteiger partial charge on any atom is 0.128 e. The van der Waals surface area contributed by atoms with Crippen molar-refractivity contribution in [3.8, 4) is 0 Å². The molecular formula is C21H26FNO2. The molecule has 1 fully saturated rings.